The van der Waals surface area contributed by atoms with Crippen molar-refractivity contribution in [2.45, 2.75) is 0 Å². The van der Waals surface area contributed by atoms with E-state index in [0.29, 0.717) is 11.9 Å². The van der Waals surface area contributed by atoms with Crippen molar-refractivity contribution in [2.24, 2.45) is 10.9 Å². The third-order valence-electron chi connectivity index (χ3n) is 1.59. The lowest BCUT2D eigenvalue weighted by Crippen LogP contribution is -2.14. The summed E-state index contributed by atoms with van der Waals surface area (Å²) in [6, 6.07) is 6.10. The third kappa shape index (κ3) is 3.11. The molecule has 1 aromatic carbocycles. The summed E-state index contributed by atoms with van der Waals surface area (Å²) >= 11 is 0. The lowest BCUT2D eigenvalue weighted by atomic mass is 10.2. The van der Waals surface area contributed by atoms with Gasteiger partial charge in [0.15, 0.2) is 0 Å². The van der Waals surface area contributed by atoms with Crippen LogP contribution in [0.15, 0.2) is 29.4 Å². The van der Waals surface area contributed by atoms with E-state index >= 15 is 0 Å². The Balaban J connectivity index is 2.82. The Labute approximate surface area is 85.4 Å². The summed E-state index contributed by atoms with van der Waals surface area (Å²) in [5.74, 6) is -1.18. The van der Waals surface area contributed by atoms with E-state index in [9.17, 15) is 9.59 Å². The molecule has 0 radical (unpaired) electrons. The van der Waals surface area contributed by atoms with Crippen LogP contribution in [0.4, 0.5) is 5.69 Å². The van der Waals surface area contributed by atoms with Gasteiger partial charge in [-0.25, -0.2) is 0 Å². The Morgan fingerprint density at radius 3 is 2.80 bits per heavy atom. The van der Waals surface area contributed by atoms with Crippen molar-refractivity contribution in [1.82, 2.24) is 0 Å². The minimum Gasteiger partial charge on any atom is -0.411 e. The van der Waals surface area contributed by atoms with Gasteiger partial charge in [-0.1, -0.05) is 11.2 Å². The van der Waals surface area contributed by atoms with Gasteiger partial charge in [0, 0.05) is 11.3 Å². The number of oxime groups is 1. The third-order valence-corrected chi connectivity index (χ3v) is 1.59. The molecule has 0 saturated carbocycles. The van der Waals surface area contributed by atoms with Gasteiger partial charge in [-0.3, -0.25) is 9.59 Å². The molecule has 0 spiro atoms. The molecule has 1 aromatic rings. The quantitative estimate of drug-likeness (QED) is 0.374. The van der Waals surface area contributed by atoms with Gasteiger partial charge in [-0.05, 0) is 18.2 Å². The number of carbonyl (C=O) groups is 2. The Bertz CT molecular complexity index is 415. The maximum Gasteiger partial charge on any atom is 0.270 e. The first-order chi connectivity index (χ1) is 7.13. The first-order valence-electron chi connectivity index (χ1n) is 4.02. The van der Waals surface area contributed by atoms with Crippen molar-refractivity contribution < 1.29 is 14.8 Å². The SMILES string of the molecule is NC(=O)c1cccc(NC(=O)/C=N/O)c1. The number of amides is 2. The number of primary amides is 1. The molecule has 0 aromatic heterocycles. The first-order valence-corrected chi connectivity index (χ1v) is 4.02. The van der Waals surface area contributed by atoms with E-state index < -0.39 is 11.8 Å². The molecule has 6 nitrogen and oxygen atoms in total. The fourth-order valence-electron chi connectivity index (χ4n) is 0.977. The van der Waals surface area contributed by atoms with Crippen LogP contribution in [0.2, 0.25) is 0 Å². The molecule has 6 heteroatoms. The summed E-state index contributed by atoms with van der Waals surface area (Å²) in [7, 11) is 0. The highest BCUT2D eigenvalue weighted by molar-refractivity contribution is 6.31. The minimum atomic E-state index is -0.598. The number of nitrogens with one attached hydrogen (secondary N) is 1. The monoisotopic (exact) mass is 207 g/mol. The molecule has 78 valence electrons. The molecule has 4 N–H and O–H groups in total. The number of anilines is 1. The summed E-state index contributed by atoms with van der Waals surface area (Å²) < 4.78 is 0. The highest BCUT2D eigenvalue weighted by Crippen LogP contribution is 2.09. The van der Waals surface area contributed by atoms with E-state index in [1.807, 2.05) is 0 Å². The molecule has 0 heterocycles. The summed E-state index contributed by atoms with van der Waals surface area (Å²) in [5, 5.41) is 13.0. The molecule has 0 aliphatic rings. The maximum atomic E-state index is 11.0. The Kier molecular flexibility index (Phi) is 3.39. The van der Waals surface area contributed by atoms with E-state index in [-0.39, 0.29) is 5.56 Å². The Hall–Kier alpha value is -2.37. The van der Waals surface area contributed by atoms with Crippen molar-refractivity contribution in [1.29, 1.82) is 0 Å². The molecule has 0 saturated heterocycles. The van der Waals surface area contributed by atoms with Crippen LogP contribution < -0.4 is 11.1 Å². The maximum absolute atomic E-state index is 11.0. The first kappa shape index (κ1) is 10.7. The van der Waals surface area contributed by atoms with Gasteiger partial charge >= 0.3 is 0 Å². The van der Waals surface area contributed by atoms with Crippen molar-refractivity contribution in [3.8, 4) is 0 Å². The van der Waals surface area contributed by atoms with Gasteiger partial charge in [0.25, 0.3) is 5.91 Å². The molecular formula is C9H9N3O3. The van der Waals surface area contributed by atoms with Crippen molar-refractivity contribution >= 4 is 23.7 Å². The van der Waals surface area contributed by atoms with Crippen LogP contribution in [0.25, 0.3) is 0 Å². The van der Waals surface area contributed by atoms with Gasteiger partial charge in [-0.15, -0.1) is 0 Å². The van der Waals surface area contributed by atoms with E-state index in [1.54, 1.807) is 12.1 Å². The van der Waals surface area contributed by atoms with Crippen molar-refractivity contribution in [3.63, 3.8) is 0 Å². The number of hydrogen-bond donors (Lipinski definition) is 3. The molecule has 0 fully saturated rings. The predicted octanol–water partition coefficient (Wildman–Crippen LogP) is 0.184. The van der Waals surface area contributed by atoms with Crippen LogP contribution in [0.3, 0.4) is 0 Å². The van der Waals surface area contributed by atoms with Crippen LogP contribution in [0.5, 0.6) is 0 Å². The second kappa shape index (κ2) is 4.75. The minimum absolute atomic E-state index is 0.286. The van der Waals surface area contributed by atoms with Crippen molar-refractivity contribution in [2.75, 3.05) is 5.32 Å². The van der Waals surface area contributed by atoms with Gasteiger partial charge < -0.3 is 16.3 Å². The second-order valence-electron chi connectivity index (χ2n) is 2.68. The zero-order valence-corrected chi connectivity index (χ0v) is 7.68. The number of carbonyl (C=O) groups excluding carboxylic acids is 2. The Morgan fingerprint density at radius 2 is 2.20 bits per heavy atom. The number of nitrogens with two attached hydrogens (primary N) is 1. The standard InChI is InChI=1S/C9H9N3O3/c10-9(14)6-2-1-3-7(4-6)12-8(13)5-11-15/h1-5,15H,(H2,10,14)(H,12,13)/b11-5+. The van der Waals surface area contributed by atoms with Gasteiger partial charge in [0.05, 0.1) is 0 Å². The summed E-state index contributed by atoms with van der Waals surface area (Å²) in [5.41, 5.74) is 5.74. The van der Waals surface area contributed by atoms with E-state index in [2.05, 4.69) is 10.5 Å². The predicted molar refractivity (Wildman–Crippen MR) is 53.9 cm³/mol. The average Bonchev–Trinajstić information content (AvgIpc) is 2.18. The summed E-state index contributed by atoms with van der Waals surface area (Å²) in [6.07, 6.45) is 0.705. The molecule has 0 bridgehead atoms. The topological polar surface area (TPSA) is 105 Å². The average molecular weight is 207 g/mol. The second-order valence-corrected chi connectivity index (χ2v) is 2.68. The summed E-state index contributed by atoms with van der Waals surface area (Å²) in [4.78, 5) is 21.8. The lowest BCUT2D eigenvalue weighted by molar-refractivity contribution is -0.110. The smallest absolute Gasteiger partial charge is 0.270 e. The molecule has 0 unspecified atom stereocenters. The van der Waals surface area contributed by atoms with E-state index in [0.717, 1.165) is 0 Å². The lowest BCUT2D eigenvalue weighted by Gasteiger charge is -2.02. The largest absolute Gasteiger partial charge is 0.411 e. The molecule has 2 amide bonds. The van der Waals surface area contributed by atoms with Crippen LogP contribution >= 0.6 is 0 Å². The number of hydrogen-bond acceptors (Lipinski definition) is 4. The molecular weight excluding hydrogens is 198 g/mol. The molecule has 1 rings (SSSR count). The van der Waals surface area contributed by atoms with Crippen LogP contribution in [0.1, 0.15) is 10.4 Å². The highest BCUT2D eigenvalue weighted by atomic mass is 16.4. The van der Waals surface area contributed by atoms with E-state index in [4.69, 9.17) is 10.9 Å². The number of rotatable bonds is 3. The zero-order valence-electron chi connectivity index (χ0n) is 7.68. The summed E-state index contributed by atoms with van der Waals surface area (Å²) in [6.45, 7) is 0. The highest BCUT2D eigenvalue weighted by Gasteiger charge is 2.03. The zero-order chi connectivity index (χ0) is 11.3. The van der Waals surface area contributed by atoms with Crippen LogP contribution in [-0.4, -0.2) is 23.2 Å². The molecule has 0 aliphatic heterocycles. The normalized spacial score (nSPS) is 10.1. The fraction of sp³-hybridized carbons (Fsp3) is 0. The molecule has 0 aliphatic carbocycles. The van der Waals surface area contributed by atoms with Crippen LogP contribution in [0, 0.1) is 0 Å². The molecule has 15 heavy (non-hydrogen) atoms. The van der Waals surface area contributed by atoms with Gasteiger partial charge in [0.2, 0.25) is 5.91 Å². The van der Waals surface area contributed by atoms with E-state index in [1.165, 1.54) is 12.1 Å². The van der Waals surface area contributed by atoms with Gasteiger partial charge in [-0.2, -0.15) is 0 Å². The fourth-order valence-corrected chi connectivity index (χ4v) is 0.977. The van der Waals surface area contributed by atoms with Crippen LogP contribution in [-0.2, 0) is 4.79 Å². The molecule has 0 atom stereocenters. The number of benzene rings is 1. The van der Waals surface area contributed by atoms with Gasteiger partial charge in [0.1, 0.15) is 6.21 Å². The number of nitrogens with zero attached hydrogens (tertiary/aromatic N) is 1. The Morgan fingerprint density at radius 1 is 1.47 bits per heavy atom. The van der Waals surface area contributed by atoms with Crippen molar-refractivity contribution in [3.05, 3.63) is 29.8 Å².